The van der Waals surface area contributed by atoms with Gasteiger partial charge in [-0.05, 0) is 30.4 Å². The summed E-state index contributed by atoms with van der Waals surface area (Å²) in [6.07, 6.45) is 2.54. The lowest BCUT2D eigenvalue weighted by molar-refractivity contribution is -0.134. The van der Waals surface area contributed by atoms with E-state index in [1.807, 2.05) is 19.1 Å². The van der Waals surface area contributed by atoms with Crippen molar-refractivity contribution >= 4 is 5.91 Å². The van der Waals surface area contributed by atoms with E-state index in [4.69, 9.17) is 5.26 Å². The molecule has 0 fully saturated rings. The normalized spacial score (nSPS) is 14.0. The van der Waals surface area contributed by atoms with E-state index in [-0.39, 0.29) is 18.4 Å². The van der Waals surface area contributed by atoms with Crippen LogP contribution >= 0.6 is 0 Å². The molecule has 94 valence electrons. The van der Waals surface area contributed by atoms with E-state index in [1.165, 1.54) is 11.1 Å². The largest absolute Gasteiger partial charge is 0.329 e. The smallest absolute Gasteiger partial charge is 0.227 e. The van der Waals surface area contributed by atoms with Gasteiger partial charge in [0.1, 0.15) is 6.54 Å². The lowest BCUT2D eigenvalue weighted by Gasteiger charge is -2.22. The minimum absolute atomic E-state index is 0.0299. The van der Waals surface area contributed by atoms with Crippen molar-refractivity contribution in [1.29, 1.82) is 5.26 Å². The summed E-state index contributed by atoms with van der Waals surface area (Å²) >= 11 is 0. The summed E-state index contributed by atoms with van der Waals surface area (Å²) in [6.45, 7) is 2.92. The third-order valence-corrected chi connectivity index (χ3v) is 3.47. The first kappa shape index (κ1) is 12.6. The van der Waals surface area contributed by atoms with E-state index < -0.39 is 0 Å². The Balaban J connectivity index is 2.06. The molecular weight excluding hydrogens is 224 g/mol. The molecule has 1 aliphatic carbocycles. The molecule has 0 saturated heterocycles. The first-order valence-corrected chi connectivity index (χ1v) is 6.48. The number of carbonyl (C=O) groups is 1. The van der Waals surface area contributed by atoms with Crippen LogP contribution in [0.3, 0.4) is 0 Å². The van der Waals surface area contributed by atoms with E-state index in [0.29, 0.717) is 6.54 Å². The van der Waals surface area contributed by atoms with Crippen molar-refractivity contribution in [2.24, 2.45) is 5.92 Å². The minimum atomic E-state index is 0.0299. The quantitative estimate of drug-likeness (QED) is 0.759. The van der Waals surface area contributed by atoms with Gasteiger partial charge in [0.15, 0.2) is 0 Å². The van der Waals surface area contributed by atoms with Crippen molar-refractivity contribution < 1.29 is 4.79 Å². The molecule has 3 nitrogen and oxygen atoms in total. The zero-order valence-electron chi connectivity index (χ0n) is 10.7. The van der Waals surface area contributed by atoms with E-state index >= 15 is 0 Å². The van der Waals surface area contributed by atoms with Crippen LogP contribution in [0.15, 0.2) is 24.3 Å². The van der Waals surface area contributed by atoms with Gasteiger partial charge in [-0.15, -0.1) is 0 Å². The Kier molecular flexibility index (Phi) is 3.99. The number of benzene rings is 1. The monoisotopic (exact) mass is 242 g/mol. The highest BCUT2D eigenvalue weighted by molar-refractivity contribution is 5.80. The van der Waals surface area contributed by atoms with Crippen LogP contribution in [-0.2, 0) is 17.6 Å². The highest BCUT2D eigenvalue weighted by atomic mass is 16.2. The number of fused-ring (bicyclic) bond motifs is 1. The number of hydrogen-bond acceptors (Lipinski definition) is 2. The van der Waals surface area contributed by atoms with Crippen LogP contribution in [0, 0.1) is 17.2 Å². The summed E-state index contributed by atoms with van der Waals surface area (Å²) in [5.74, 6) is 0.164. The maximum Gasteiger partial charge on any atom is 0.227 e. The van der Waals surface area contributed by atoms with E-state index in [2.05, 4.69) is 18.2 Å². The number of nitriles is 1. The molecule has 0 N–H and O–H groups in total. The van der Waals surface area contributed by atoms with Crippen LogP contribution in [0.25, 0.3) is 0 Å². The molecular formula is C15H18N2O. The summed E-state index contributed by atoms with van der Waals surface area (Å²) in [5.41, 5.74) is 2.56. The zero-order chi connectivity index (χ0) is 13.0. The summed E-state index contributed by atoms with van der Waals surface area (Å²) in [4.78, 5) is 14.1. The second-order valence-corrected chi connectivity index (χ2v) is 4.79. The van der Waals surface area contributed by atoms with Gasteiger partial charge in [0.05, 0.1) is 6.07 Å². The third kappa shape index (κ3) is 2.53. The lowest BCUT2D eigenvalue weighted by Crippen LogP contribution is -2.37. The SMILES string of the molecule is CCCN(CC#N)C(=O)C1Cc2ccccc2C1. The Morgan fingerprint density at radius 3 is 2.50 bits per heavy atom. The zero-order valence-corrected chi connectivity index (χ0v) is 10.7. The molecule has 2 rings (SSSR count). The number of amides is 1. The molecule has 0 saturated carbocycles. The van der Waals surface area contributed by atoms with E-state index in [0.717, 1.165) is 19.3 Å². The van der Waals surface area contributed by atoms with Gasteiger partial charge in [0.2, 0.25) is 5.91 Å². The fraction of sp³-hybridized carbons (Fsp3) is 0.467. The lowest BCUT2D eigenvalue weighted by atomic mass is 10.0. The molecule has 0 spiro atoms. The van der Waals surface area contributed by atoms with Crippen molar-refractivity contribution in [1.82, 2.24) is 4.90 Å². The topological polar surface area (TPSA) is 44.1 Å². The second kappa shape index (κ2) is 5.68. The molecule has 0 radical (unpaired) electrons. The Bertz CT molecular complexity index is 451. The van der Waals surface area contributed by atoms with Crippen molar-refractivity contribution in [2.45, 2.75) is 26.2 Å². The minimum Gasteiger partial charge on any atom is -0.329 e. The van der Waals surface area contributed by atoms with Crippen LogP contribution < -0.4 is 0 Å². The molecule has 0 aliphatic heterocycles. The van der Waals surface area contributed by atoms with Crippen LogP contribution in [-0.4, -0.2) is 23.9 Å². The summed E-state index contributed by atoms with van der Waals surface area (Å²) in [7, 11) is 0. The average Bonchev–Trinajstić information content (AvgIpc) is 2.81. The van der Waals surface area contributed by atoms with Gasteiger partial charge < -0.3 is 4.90 Å². The Hall–Kier alpha value is -1.82. The maximum atomic E-state index is 12.4. The molecule has 1 aromatic carbocycles. The number of nitrogens with zero attached hydrogens (tertiary/aromatic N) is 2. The van der Waals surface area contributed by atoms with E-state index in [9.17, 15) is 4.79 Å². The van der Waals surface area contributed by atoms with Gasteiger partial charge in [-0.3, -0.25) is 4.79 Å². The molecule has 1 amide bonds. The second-order valence-electron chi connectivity index (χ2n) is 4.79. The van der Waals surface area contributed by atoms with Crippen LogP contribution in [0.1, 0.15) is 24.5 Å². The fourth-order valence-electron chi connectivity index (χ4n) is 2.61. The summed E-state index contributed by atoms with van der Waals surface area (Å²) in [6, 6.07) is 10.3. The van der Waals surface area contributed by atoms with Crippen molar-refractivity contribution in [2.75, 3.05) is 13.1 Å². The fourth-order valence-corrected chi connectivity index (χ4v) is 2.61. The Morgan fingerprint density at radius 2 is 2.00 bits per heavy atom. The summed E-state index contributed by atoms with van der Waals surface area (Å²) < 4.78 is 0. The predicted molar refractivity (Wildman–Crippen MR) is 69.8 cm³/mol. The van der Waals surface area contributed by atoms with Crippen LogP contribution in [0.4, 0.5) is 0 Å². The highest BCUT2D eigenvalue weighted by Gasteiger charge is 2.29. The first-order chi connectivity index (χ1) is 8.76. The van der Waals surface area contributed by atoms with E-state index in [1.54, 1.807) is 4.90 Å². The maximum absolute atomic E-state index is 12.4. The molecule has 0 atom stereocenters. The Labute approximate surface area is 108 Å². The predicted octanol–water partition coefficient (Wildman–Crippen LogP) is 2.16. The first-order valence-electron chi connectivity index (χ1n) is 6.48. The van der Waals surface area contributed by atoms with Gasteiger partial charge in [-0.1, -0.05) is 31.2 Å². The molecule has 18 heavy (non-hydrogen) atoms. The van der Waals surface area contributed by atoms with Crippen molar-refractivity contribution in [3.8, 4) is 6.07 Å². The van der Waals surface area contributed by atoms with Gasteiger partial charge in [0, 0.05) is 12.5 Å². The number of hydrogen-bond donors (Lipinski definition) is 0. The van der Waals surface area contributed by atoms with Gasteiger partial charge in [-0.25, -0.2) is 0 Å². The number of rotatable bonds is 4. The molecule has 0 aromatic heterocycles. The molecule has 3 heteroatoms. The van der Waals surface area contributed by atoms with Gasteiger partial charge in [-0.2, -0.15) is 5.26 Å². The van der Waals surface area contributed by atoms with Crippen molar-refractivity contribution in [3.63, 3.8) is 0 Å². The molecule has 0 heterocycles. The molecule has 1 aliphatic rings. The summed E-state index contributed by atoms with van der Waals surface area (Å²) in [5, 5.41) is 8.78. The average molecular weight is 242 g/mol. The standard InChI is InChI=1S/C15H18N2O/c1-2-8-17(9-7-16)15(18)14-10-12-5-3-4-6-13(12)11-14/h3-6,14H,2,8-11H2,1H3. The number of carbonyl (C=O) groups excluding carboxylic acids is 1. The molecule has 0 bridgehead atoms. The van der Waals surface area contributed by atoms with Crippen LogP contribution in [0.5, 0.6) is 0 Å². The third-order valence-electron chi connectivity index (χ3n) is 3.47. The van der Waals surface area contributed by atoms with Crippen molar-refractivity contribution in [3.05, 3.63) is 35.4 Å². The molecule has 1 aromatic rings. The van der Waals surface area contributed by atoms with Gasteiger partial charge >= 0.3 is 0 Å². The van der Waals surface area contributed by atoms with Gasteiger partial charge in [0.25, 0.3) is 0 Å². The van der Waals surface area contributed by atoms with Crippen LogP contribution in [0.2, 0.25) is 0 Å². The molecule has 0 unspecified atom stereocenters. The Morgan fingerprint density at radius 1 is 1.39 bits per heavy atom. The highest BCUT2D eigenvalue weighted by Crippen LogP contribution is 2.27.